The van der Waals surface area contributed by atoms with Crippen LogP contribution >= 0.6 is 22.9 Å². The van der Waals surface area contributed by atoms with Crippen molar-refractivity contribution in [3.05, 3.63) is 104 Å². The molecule has 0 unspecified atom stereocenters. The number of nitrogens with zero attached hydrogens (tertiary/aromatic N) is 2. The molecule has 43 heavy (non-hydrogen) atoms. The lowest BCUT2D eigenvalue weighted by molar-refractivity contribution is -0.384. The largest absolute Gasteiger partial charge is 0.484 e. The average Bonchev–Trinajstić information content (AvgIpc) is 3.57. The number of non-ortho nitro benzene ring substituents is 1. The second-order valence-electron chi connectivity index (χ2n) is 8.79. The van der Waals surface area contributed by atoms with Crippen LogP contribution < -0.4 is 15.8 Å². The van der Waals surface area contributed by atoms with Gasteiger partial charge in [-0.15, -0.1) is 11.3 Å². The number of furan rings is 1. The lowest BCUT2D eigenvalue weighted by atomic mass is 10.0. The van der Waals surface area contributed by atoms with Gasteiger partial charge in [-0.1, -0.05) is 23.7 Å². The van der Waals surface area contributed by atoms with Gasteiger partial charge < -0.3 is 20.2 Å². The molecule has 2 aromatic carbocycles. The third kappa shape index (κ3) is 6.12. The van der Waals surface area contributed by atoms with Gasteiger partial charge in [0.25, 0.3) is 17.5 Å². The first-order valence-electron chi connectivity index (χ1n) is 11.9. The quantitative estimate of drug-likeness (QED) is 0.104. The van der Waals surface area contributed by atoms with Crippen molar-refractivity contribution in [1.82, 2.24) is 4.98 Å². The Morgan fingerprint density at radius 3 is 2.47 bits per heavy atom. The molecule has 0 aliphatic carbocycles. The molecule has 5 aromatic rings. The van der Waals surface area contributed by atoms with E-state index in [0.717, 1.165) is 24.3 Å². The summed E-state index contributed by atoms with van der Waals surface area (Å²) in [6.45, 7) is -0.225. The number of amides is 2. The molecule has 220 valence electrons. The fraction of sp³-hybridized carbons (Fsp3) is 0.0741. The van der Waals surface area contributed by atoms with E-state index in [1.54, 1.807) is 0 Å². The summed E-state index contributed by atoms with van der Waals surface area (Å²) in [5, 5.41) is 13.3. The minimum atomic E-state index is -4.85. The Morgan fingerprint density at radius 1 is 1.12 bits per heavy atom. The van der Waals surface area contributed by atoms with Crippen LogP contribution in [0.5, 0.6) is 5.75 Å². The summed E-state index contributed by atoms with van der Waals surface area (Å²) in [6, 6.07) is 11.6. The molecule has 0 fully saturated rings. The Balaban J connectivity index is 1.48. The lowest BCUT2D eigenvalue weighted by Gasteiger charge is -2.12. The van der Waals surface area contributed by atoms with Crippen molar-refractivity contribution in [3.8, 4) is 16.9 Å². The fourth-order valence-electron chi connectivity index (χ4n) is 4.02. The highest BCUT2D eigenvalue weighted by Crippen LogP contribution is 2.44. The van der Waals surface area contributed by atoms with Gasteiger partial charge in [-0.25, -0.2) is 9.37 Å². The van der Waals surface area contributed by atoms with Crippen molar-refractivity contribution in [2.45, 2.75) is 12.8 Å². The van der Waals surface area contributed by atoms with E-state index in [1.807, 2.05) is 0 Å². The normalized spacial score (nSPS) is 11.5. The number of benzene rings is 2. The van der Waals surface area contributed by atoms with E-state index in [2.05, 4.69) is 10.3 Å². The third-order valence-corrected chi connectivity index (χ3v) is 7.35. The molecule has 0 atom stereocenters. The molecule has 16 heteroatoms. The zero-order valence-corrected chi connectivity index (χ0v) is 22.8. The number of carbonyl (C=O) groups is 2. The number of rotatable bonds is 8. The van der Waals surface area contributed by atoms with Gasteiger partial charge in [0, 0.05) is 17.5 Å². The fourth-order valence-corrected chi connectivity index (χ4v) is 5.25. The van der Waals surface area contributed by atoms with Crippen molar-refractivity contribution >= 4 is 56.3 Å². The highest BCUT2D eigenvalue weighted by Gasteiger charge is 2.35. The standard InChI is InChI=1S/C27H15ClF4N4O6S/c28-17-9-14(36(39)40)5-7-18(17)41-11-15-6-8-19(42-15)25(38)35-22-21-16(12-1-3-13(29)4-2-12)10-20(27(30,31)32)34-26(21)43-23(22)24(33)37/h1-10H,11H2,(H2,33,37)(H,35,38). The topological polar surface area (TPSA) is 151 Å². The van der Waals surface area contributed by atoms with Crippen LogP contribution in [0.15, 0.2) is 65.1 Å². The number of hydrogen-bond donors (Lipinski definition) is 2. The van der Waals surface area contributed by atoms with Gasteiger partial charge in [0.15, 0.2) is 5.76 Å². The van der Waals surface area contributed by atoms with Crippen LogP contribution in [0.4, 0.5) is 28.9 Å². The zero-order valence-electron chi connectivity index (χ0n) is 21.2. The molecule has 10 nitrogen and oxygen atoms in total. The number of nitrogens with one attached hydrogen (secondary N) is 1. The van der Waals surface area contributed by atoms with Gasteiger partial charge in [-0.2, -0.15) is 13.2 Å². The first-order chi connectivity index (χ1) is 20.3. The Labute approximate surface area is 246 Å². The van der Waals surface area contributed by atoms with Crippen molar-refractivity contribution in [3.63, 3.8) is 0 Å². The minimum Gasteiger partial charge on any atom is -0.484 e. The predicted octanol–water partition coefficient (Wildman–Crippen LogP) is 7.21. The molecular weight excluding hydrogens is 620 g/mol. The number of nitrogens with two attached hydrogens (primary N) is 1. The number of aromatic nitrogens is 1. The van der Waals surface area contributed by atoms with E-state index in [4.69, 9.17) is 26.5 Å². The number of carbonyl (C=O) groups excluding carboxylic acids is 2. The van der Waals surface area contributed by atoms with E-state index in [9.17, 15) is 37.3 Å². The van der Waals surface area contributed by atoms with Gasteiger partial charge in [0.05, 0.1) is 15.6 Å². The molecule has 3 aromatic heterocycles. The van der Waals surface area contributed by atoms with Crippen LogP contribution in [0.3, 0.4) is 0 Å². The van der Waals surface area contributed by atoms with E-state index < -0.39 is 34.4 Å². The van der Waals surface area contributed by atoms with E-state index in [0.29, 0.717) is 11.3 Å². The monoisotopic (exact) mass is 634 g/mol. The molecule has 5 rings (SSSR count). The highest BCUT2D eigenvalue weighted by atomic mass is 35.5. The highest BCUT2D eigenvalue weighted by molar-refractivity contribution is 7.21. The summed E-state index contributed by atoms with van der Waals surface area (Å²) in [7, 11) is 0. The number of anilines is 1. The lowest BCUT2D eigenvalue weighted by Crippen LogP contribution is -2.16. The Bertz CT molecular complexity index is 1910. The average molecular weight is 635 g/mol. The Morgan fingerprint density at radius 2 is 1.84 bits per heavy atom. The molecule has 0 saturated heterocycles. The van der Waals surface area contributed by atoms with Crippen LogP contribution in [0.1, 0.15) is 31.7 Å². The molecule has 0 aliphatic rings. The molecule has 0 saturated carbocycles. The van der Waals surface area contributed by atoms with Crippen LogP contribution in [0.25, 0.3) is 21.3 Å². The molecule has 0 aliphatic heterocycles. The number of primary amides is 1. The molecule has 3 N–H and O–H groups in total. The number of nitro groups is 1. The van der Waals surface area contributed by atoms with Crippen molar-refractivity contribution in [2.75, 3.05) is 5.32 Å². The summed E-state index contributed by atoms with van der Waals surface area (Å²) in [5.74, 6) is -2.54. The number of fused-ring (bicyclic) bond motifs is 1. The smallest absolute Gasteiger partial charge is 0.433 e. The van der Waals surface area contributed by atoms with Crippen LogP contribution in [-0.2, 0) is 12.8 Å². The number of halogens is 5. The molecule has 3 heterocycles. The van der Waals surface area contributed by atoms with Gasteiger partial charge in [0.1, 0.15) is 39.3 Å². The number of alkyl halides is 3. The molecular formula is C27H15ClF4N4O6S. The summed E-state index contributed by atoms with van der Waals surface area (Å²) in [4.78, 5) is 38.8. The van der Waals surface area contributed by atoms with Crippen molar-refractivity contribution in [1.29, 1.82) is 0 Å². The van der Waals surface area contributed by atoms with Gasteiger partial charge in [-0.05, 0) is 47.5 Å². The molecule has 0 radical (unpaired) electrons. The maximum Gasteiger partial charge on any atom is 0.433 e. The van der Waals surface area contributed by atoms with E-state index in [1.165, 1.54) is 36.4 Å². The van der Waals surface area contributed by atoms with Gasteiger partial charge in [0.2, 0.25) is 0 Å². The molecule has 0 bridgehead atoms. The second kappa shape index (κ2) is 11.3. The minimum absolute atomic E-state index is 0.0188. The van der Waals surface area contributed by atoms with Gasteiger partial charge in [-0.3, -0.25) is 19.7 Å². The Kier molecular flexibility index (Phi) is 7.77. The molecule has 0 spiro atoms. The number of hydrogen-bond acceptors (Lipinski definition) is 8. The van der Waals surface area contributed by atoms with Crippen molar-refractivity contribution in [2.24, 2.45) is 5.73 Å². The Hall–Kier alpha value is -5.02. The van der Waals surface area contributed by atoms with Crippen LogP contribution in [-0.4, -0.2) is 21.7 Å². The van der Waals surface area contributed by atoms with Crippen LogP contribution in [0.2, 0.25) is 5.02 Å². The number of pyridine rings is 1. The zero-order chi connectivity index (χ0) is 31.1. The van der Waals surface area contributed by atoms with Crippen molar-refractivity contribution < 1.29 is 41.2 Å². The first kappa shape index (κ1) is 29.5. The maximum absolute atomic E-state index is 13.7. The third-order valence-electron chi connectivity index (χ3n) is 5.95. The van der Waals surface area contributed by atoms with E-state index >= 15 is 0 Å². The number of ether oxygens (including phenoxy) is 1. The summed E-state index contributed by atoms with van der Waals surface area (Å²) in [6.07, 6.45) is -4.85. The van der Waals surface area contributed by atoms with E-state index in [-0.39, 0.29) is 66.5 Å². The molecule has 2 amide bonds. The predicted molar refractivity (Wildman–Crippen MR) is 148 cm³/mol. The summed E-state index contributed by atoms with van der Waals surface area (Å²) < 4.78 is 65.7. The first-order valence-corrected chi connectivity index (χ1v) is 13.1. The van der Waals surface area contributed by atoms with Crippen LogP contribution in [0, 0.1) is 15.9 Å². The SMILES string of the molecule is NC(=O)c1sc2nc(C(F)(F)F)cc(-c3ccc(F)cc3)c2c1NC(=O)c1ccc(COc2ccc([N+](=O)[O-])cc2Cl)o1. The maximum atomic E-state index is 13.7. The number of nitro benzene ring substituents is 1. The summed E-state index contributed by atoms with van der Waals surface area (Å²) >= 11 is 6.56. The second-order valence-corrected chi connectivity index (χ2v) is 10.2. The summed E-state index contributed by atoms with van der Waals surface area (Å²) in [5.41, 5.74) is 3.87. The van der Waals surface area contributed by atoms with Gasteiger partial charge >= 0.3 is 6.18 Å². The number of thiophene rings is 1.